The van der Waals surface area contributed by atoms with Gasteiger partial charge in [0.25, 0.3) is 5.91 Å². The van der Waals surface area contributed by atoms with Crippen LogP contribution >= 0.6 is 11.3 Å². The third-order valence-corrected chi connectivity index (χ3v) is 5.17. The van der Waals surface area contributed by atoms with Gasteiger partial charge in [0.2, 0.25) is 5.91 Å². The van der Waals surface area contributed by atoms with Crippen molar-refractivity contribution in [2.24, 2.45) is 0 Å². The molecule has 3 heterocycles. The third-order valence-electron chi connectivity index (χ3n) is 4.14. The van der Waals surface area contributed by atoms with Crippen molar-refractivity contribution in [3.8, 4) is 0 Å². The summed E-state index contributed by atoms with van der Waals surface area (Å²) in [4.78, 5) is 31.2. The Labute approximate surface area is 139 Å². The van der Waals surface area contributed by atoms with Crippen LogP contribution in [0.1, 0.15) is 40.7 Å². The van der Waals surface area contributed by atoms with Crippen molar-refractivity contribution in [2.75, 3.05) is 6.54 Å². The fourth-order valence-corrected chi connectivity index (χ4v) is 3.80. The lowest BCUT2D eigenvalue weighted by atomic mass is 10.1. The van der Waals surface area contributed by atoms with Gasteiger partial charge in [-0.2, -0.15) is 0 Å². The molecule has 0 saturated carbocycles. The number of nitrogens with zero attached hydrogens (tertiary/aromatic N) is 1. The molecule has 2 aromatic rings. The van der Waals surface area contributed by atoms with Crippen molar-refractivity contribution in [2.45, 2.75) is 38.8 Å². The van der Waals surface area contributed by atoms with Gasteiger partial charge in [0, 0.05) is 24.2 Å². The van der Waals surface area contributed by atoms with E-state index in [2.05, 4.69) is 21.7 Å². The molecule has 0 aliphatic carbocycles. The van der Waals surface area contributed by atoms with Crippen molar-refractivity contribution in [1.29, 1.82) is 0 Å². The van der Waals surface area contributed by atoms with Crippen LogP contribution in [0.2, 0.25) is 0 Å². The van der Waals surface area contributed by atoms with Crippen molar-refractivity contribution < 1.29 is 9.59 Å². The summed E-state index contributed by atoms with van der Waals surface area (Å²) >= 11 is 1.75. The molecule has 1 atom stereocenters. The van der Waals surface area contributed by atoms with E-state index in [1.165, 1.54) is 10.4 Å². The maximum Gasteiger partial charge on any atom is 0.268 e. The number of thiophene rings is 1. The van der Waals surface area contributed by atoms with Gasteiger partial charge in [-0.1, -0.05) is 13.3 Å². The highest BCUT2D eigenvalue weighted by atomic mass is 32.1. The number of carbonyl (C=O) groups excluding carboxylic acids is 2. The number of H-pyrrole nitrogens is 1. The van der Waals surface area contributed by atoms with E-state index >= 15 is 0 Å². The maximum absolute atomic E-state index is 12.8. The predicted molar refractivity (Wildman–Crippen MR) is 90.4 cm³/mol. The second-order valence-electron chi connectivity index (χ2n) is 5.78. The van der Waals surface area contributed by atoms with Crippen molar-refractivity contribution in [3.63, 3.8) is 0 Å². The van der Waals surface area contributed by atoms with E-state index in [1.54, 1.807) is 29.7 Å². The molecule has 1 aliphatic heterocycles. The van der Waals surface area contributed by atoms with Crippen molar-refractivity contribution in [1.82, 2.24) is 15.2 Å². The van der Waals surface area contributed by atoms with Crippen molar-refractivity contribution >= 4 is 23.2 Å². The Morgan fingerprint density at radius 2 is 2.30 bits per heavy atom. The summed E-state index contributed by atoms with van der Waals surface area (Å²) in [6, 6.07) is 5.11. The molecule has 5 nitrogen and oxygen atoms in total. The van der Waals surface area contributed by atoms with Crippen LogP contribution in [0, 0.1) is 0 Å². The summed E-state index contributed by atoms with van der Waals surface area (Å²) in [6.07, 6.45) is 4.10. The predicted octanol–water partition coefficient (Wildman–Crippen LogP) is 2.56. The molecular formula is C17H21N3O2S. The van der Waals surface area contributed by atoms with E-state index in [9.17, 15) is 9.59 Å². The fourth-order valence-electron chi connectivity index (χ4n) is 2.91. The fraction of sp³-hybridized carbons (Fsp3) is 0.412. The van der Waals surface area contributed by atoms with Gasteiger partial charge in [0.1, 0.15) is 11.7 Å². The Hall–Kier alpha value is -2.08. The second kappa shape index (κ2) is 7.00. The van der Waals surface area contributed by atoms with Crippen LogP contribution in [0.15, 0.2) is 29.8 Å². The number of aromatic amines is 1. The van der Waals surface area contributed by atoms with Gasteiger partial charge in [0.05, 0.1) is 0 Å². The van der Waals surface area contributed by atoms with E-state index in [0.717, 1.165) is 19.4 Å². The molecule has 2 amide bonds. The lowest BCUT2D eigenvalue weighted by Gasteiger charge is -2.30. The second-order valence-corrected chi connectivity index (χ2v) is 6.78. The molecule has 2 aromatic heterocycles. The highest BCUT2D eigenvalue weighted by Gasteiger charge is 2.28. The molecule has 0 radical (unpaired) electrons. The summed E-state index contributed by atoms with van der Waals surface area (Å²) in [5.74, 6) is -0.210. The first-order valence-corrected chi connectivity index (χ1v) is 8.85. The van der Waals surface area contributed by atoms with Crippen LogP contribution in [-0.4, -0.2) is 34.3 Å². The number of amides is 2. The van der Waals surface area contributed by atoms with E-state index in [4.69, 9.17) is 0 Å². The molecule has 3 rings (SSSR count). The van der Waals surface area contributed by atoms with Crippen LogP contribution in [0.5, 0.6) is 0 Å². The zero-order chi connectivity index (χ0) is 16.2. The smallest absolute Gasteiger partial charge is 0.268 e. The molecule has 23 heavy (non-hydrogen) atoms. The summed E-state index contributed by atoms with van der Waals surface area (Å²) in [7, 11) is 0. The van der Waals surface area contributed by atoms with E-state index < -0.39 is 6.04 Å². The van der Waals surface area contributed by atoms with Crippen LogP contribution in [0.4, 0.5) is 0 Å². The first-order valence-electron chi connectivity index (χ1n) is 7.97. The van der Waals surface area contributed by atoms with Crippen molar-refractivity contribution in [3.05, 3.63) is 45.9 Å². The number of nitrogens with one attached hydrogen (secondary N) is 2. The summed E-state index contributed by atoms with van der Waals surface area (Å²) in [5.41, 5.74) is 1.72. The van der Waals surface area contributed by atoms with Crippen LogP contribution in [0.3, 0.4) is 0 Å². The molecule has 0 aromatic carbocycles. The Balaban J connectivity index is 1.68. The van der Waals surface area contributed by atoms with Gasteiger partial charge in [-0.3, -0.25) is 9.59 Å². The van der Waals surface area contributed by atoms with Gasteiger partial charge in [0.15, 0.2) is 0 Å². The highest BCUT2D eigenvalue weighted by Crippen LogP contribution is 2.24. The van der Waals surface area contributed by atoms with Gasteiger partial charge in [-0.25, -0.2) is 0 Å². The van der Waals surface area contributed by atoms with E-state index in [1.807, 2.05) is 11.8 Å². The molecule has 0 bridgehead atoms. The zero-order valence-corrected chi connectivity index (χ0v) is 14.0. The van der Waals surface area contributed by atoms with Gasteiger partial charge in [-0.05, 0) is 42.0 Å². The minimum Gasteiger partial charge on any atom is -0.357 e. The van der Waals surface area contributed by atoms with E-state index in [0.29, 0.717) is 18.7 Å². The molecule has 0 fully saturated rings. The lowest BCUT2D eigenvalue weighted by molar-refractivity contribution is -0.134. The minimum atomic E-state index is -0.462. The van der Waals surface area contributed by atoms with Gasteiger partial charge >= 0.3 is 0 Å². The Kier molecular flexibility index (Phi) is 4.81. The lowest BCUT2D eigenvalue weighted by Crippen LogP contribution is -2.49. The van der Waals surface area contributed by atoms with E-state index in [-0.39, 0.29) is 11.8 Å². The summed E-state index contributed by atoms with van der Waals surface area (Å²) < 4.78 is 0. The standard InChI is InChI=1S/C17H21N3O2S/c1-2-4-14(19-16(21)13-5-3-8-18-13)17(22)20-9-6-15-12(11-20)7-10-23-15/h3,5,7-8,10,14,18H,2,4,6,9,11H2,1H3,(H,19,21). The average Bonchev–Trinajstić information content (AvgIpc) is 3.24. The molecule has 6 heteroatoms. The number of hydrogen-bond acceptors (Lipinski definition) is 3. The minimum absolute atomic E-state index is 0.0172. The quantitative estimate of drug-likeness (QED) is 0.884. The Morgan fingerprint density at radius 3 is 3.04 bits per heavy atom. The molecule has 0 saturated heterocycles. The monoisotopic (exact) mass is 331 g/mol. The molecule has 0 spiro atoms. The molecular weight excluding hydrogens is 310 g/mol. The zero-order valence-electron chi connectivity index (χ0n) is 13.2. The number of aromatic nitrogens is 1. The number of carbonyl (C=O) groups is 2. The third kappa shape index (κ3) is 3.47. The molecule has 1 unspecified atom stereocenters. The number of hydrogen-bond donors (Lipinski definition) is 2. The SMILES string of the molecule is CCCC(NC(=O)c1ccc[nH]1)C(=O)N1CCc2sccc2C1. The number of fused-ring (bicyclic) bond motifs is 1. The number of rotatable bonds is 5. The summed E-state index contributed by atoms with van der Waals surface area (Å²) in [6.45, 7) is 3.40. The largest absolute Gasteiger partial charge is 0.357 e. The van der Waals surface area contributed by atoms with Crippen LogP contribution < -0.4 is 5.32 Å². The van der Waals surface area contributed by atoms with Gasteiger partial charge in [-0.15, -0.1) is 11.3 Å². The van der Waals surface area contributed by atoms with Crippen LogP contribution in [0.25, 0.3) is 0 Å². The Morgan fingerprint density at radius 1 is 1.43 bits per heavy atom. The summed E-state index contributed by atoms with van der Waals surface area (Å²) in [5, 5.41) is 4.95. The first-order chi connectivity index (χ1) is 11.2. The highest BCUT2D eigenvalue weighted by molar-refractivity contribution is 7.10. The van der Waals surface area contributed by atoms with Gasteiger partial charge < -0.3 is 15.2 Å². The average molecular weight is 331 g/mol. The molecule has 122 valence electrons. The van der Waals surface area contributed by atoms with Crippen LogP contribution in [-0.2, 0) is 17.8 Å². The molecule has 1 aliphatic rings. The molecule has 2 N–H and O–H groups in total. The normalized spacial score (nSPS) is 15.1. The first kappa shape index (κ1) is 15.8. The Bertz CT molecular complexity index is 678. The topological polar surface area (TPSA) is 65.2 Å². The maximum atomic E-state index is 12.8.